The van der Waals surface area contributed by atoms with Crippen molar-refractivity contribution in [2.24, 2.45) is 5.92 Å². The lowest BCUT2D eigenvalue weighted by Crippen LogP contribution is -2.53. The van der Waals surface area contributed by atoms with Crippen molar-refractivity contribution in [1.29, 1.82) is 0 Å². The normalized spacial score (nSPS) is 22.4. The summed E-state index contributed by atoms with van der Waals surface area (Å²) in [6.45, 7) is 3.49. The van der Waals surface area contributed by atoms with Gasteiger partial charge in [0, 0.05) is 55.5 Å². The van der Waals surface area contributed by atoms with E-state index >= 15 is 0 Å². The summed E-state index contributed by atoms with van der Waals surface area (Å²) in [6.07, 6.45) is 6.86. The van der Waals surface area contributed by atoms with Gasteiger partial charge in [0.1, 0.15) is 0 Å². The molecule has 3 aliphatic rings. The second-order valence-corrected chi connectivity index (χ2v) is 9.83. The van der Waals surface area contributed by atoms with Crippen LogP contribution in [0.1, 0.15) is 57.1 Å². The third-order valence-electron chi connectivity index (χ3n) is 7.34. The SMILES string of the molecule is CC(=O)Nc1ccc(-c2ccc3n(c2=O)C[C@@H]2C[C@@H]3CN(C(=O)NC3CCCCC3)C2)cc1. The standard InChI is InChI=1S/C26H32N4O3/c1-17(31)27-22-9-7-19(8-10-22)23-11-12-24-20-13-18(15-30(24)25(23)32)14-29(16-20)26(33)28-21-5-3-2-4-6-21/h7-12,18,20-21H,2-6,13-16H2,1H3,(H,27,31)(H,28,33)/t18-,20-/m1/s1. The Hall–Kier alpha value is -3.09. The molecule has 5 rings (SSSR count). The maximum atomic E-state index is 13.4. The van der Waals surface area contributed by atoms with Crippen LogP contribution in [0, 0.1) is 5.92 Å². The highest BCUT2D eigenvalue weighted by Crippen LogP contribution is 2.36. The first kappa shape index (κ1) is 21.7. The zero-order valence-electron chi connectivity index (χ0n) is 19.2. The van der Waals surface area contributed by atoms with Crippen LogP contribution < -0.4 is 16.2 Å². The van der Waals surface area contributed by atoms with Crippen molar-refractivity contribution in [3.63, 3.8) is 0 Å². The summed E-state index contributed by atoms with van der Waals surface area (Å²) in [6, 6.07) is 11.7. The monoisotopic (exact) mass is 448 g/mol. The largest absolute Gasteiger partial charge is 0.335 e. The maximum absolute atomic E-state index is 13.4. The van der Waals surface area contributed by atoms with Gasteiger partial charge in [-0.1, -0.05) is 31.4 Å². The molecule has 2 atom stereocenters. The van der Waals surface area contributed by atoms with Crippen LogP contribution >= 0.6 is 0 Å². The number of pyridine rings is 1. The molecule has 1 aromatic carbocycles. The second-order valence-electron chi connectivity index (χ2n) is 9.83. The van der Waals surface area contributed by atoms with Gasteiger partial charge in [-0.05, 0) is 55.0 Å². The minimum atomic E-state index is -0.121. The van der Waals surface area contributed by atoms with Gasteiger partial charge in [0.15, 0.2) is 0 Å². The molecular weight excluding hydrogens is 416 g/mol. The Bertz CT molecular complexity index is 1100. The Kier molecular flexibility index (Phi) is 5.96. The molecule has 33 heavy (non-hydrogen) atoms. The number of aromatic nitrogens is 1. The van der Waals surface area contributed by atoms with Crippen molar-refractivity contribution in [3.05, 3.63) is 52.4 Å². The van der Waals surface area contributed by atoms with Crippen molar-refractivity contribution in [1.82, 2.24) is 14.8 Å². The molecule has 2 aliphatic heterocycles. The van der Waals surface area contributed by atoms with Gasteiger partial charge in [-0.15, -0.1) is 0 Å². The summed E-state index contributed by atoms with van der Waals surface area (Å²) in [5, 5.41) is 6.01. The van der Waals surface area contributed by atoms with E-state index in [1.54, 1.807) is 0 Å². The molecule has 2 fully saturated rings. The van der Waals surface area contributed by atoms with Gasteiger partial charge in [-0.3, -0.25) is 9.59 Å². The molecule has 0 radical (unpaired) electrons. The van der Waals surface area contributed by atoms with E-state index in [0.29, 0.717) is 42.8 Å². The average molecular weight is 449 g/mol. The number of urea groups is 1. The highest BCUT2D eigenvalue weighted by atomic mass is 16.2. The van der Waals surface area contributed by atoms with Gasteiger partial charge in [-0.2, -0.15) is 0 Å². The summed E-state index contributed by atoms with van der Waals surface area (Å²) in [5.41, 5.74) is 3.28. The zero-order chi connectivity index (χ0) is 22.9. The number of hydrogen-bond donors (Lipinski definition) is 2. The summed E-state index contributed by atoms with van der Waals surface area (Å²) in [5.74, 6) is 0.367. The fourth-order valence-electron chi connectivity index (χ4n) is 5.78. The third-order valence-corrected chi connectivity index (χ3v) is 7.34. The molecule has 1 aliphatic carbocycles. The fraction of sp³-hybridized carbons (Fsp3) is 0.500. The number of rotatable bonds is 3. The number of carbonyl (C=O) groups is 2. The summed E-state index contributed by atoms with van der Waals surface area (Å²) in [4.78, 5) is 39.5. The zero-order valence-corrected chi connectivity index (χ0v) is 19.2. The number of anilines is 1. The number of carbonyl (C=O) groups excluding carboxylic acids is 2. The highest BCUT2D eigenvalue weighted by molar-refractivity contribution is 5.89. The van der Waals surface area contributed by atoms with Crippen molar-refractivity contribution < 1.29 is 9.59 Å². The van der Waals surface area contributed by atoms with Crippen LogP contribution in [-0.4, -0.2) is 40.5 Å². The van der Waals surface area contributed by atoms with Gasteiger partial charge >= 0.3 is 6.03 Å². The first-order valence-electron chi connectivity index (χ1n) is 12.1. The second kappa shape index (κ2) is 9.04. The first-order chi connectivity index (χ1) is 16.0. The summed E-state index contributed by atoms with van der Waals surface area (Å²) < 4.78 is 1.92. The van der Waals surface area contributed by atoms with Gasteiger partial charge in [0.05, 0.1) is 0 Å². The molecule has 1 saturated heterocycles. The molecule has 2 bridgehead atoms. The van der Waals surface area contributed by atoms with Gasteiger partial charge in [-0.25, -0.2) is 4.79 Å². The van der Waals surface area contributed by atoms with Crippen molar-refractivity contribution in [2.45, 2.75) is 64.0 Å². The molecular formula is C26H32N4O3. The van der Waals surface area contributed by atoms with Crippen LogP contribution in [-0.2, 0) is 11.3 Å². The van der Waals surface area contributed by atoms with Crippen LogP contribution in [0.3, 0.4) is 0 Å². The average Bonchev–Trinajstić information content (AvgIpc) is 2.81. The molecule has 174 valence electrons. The first-order valence-corrected chi connectivity index (χ1v) is 12.1. The Morgan fingerprint density at radius 1 is 0.939 bits per heavy atom. The molecule has 0 unspecified atom stereocenters. The minimum absolute atomic E-state index is 0.0228. The van der Waals surface area contributed by atoms with E-state index in [0.717, 1.165) is 30.5 Å². The molecule has 0 spiro atoms. The Morgan fingerprint density at radius 3 is 2.42 bits per heavy atom. The van der Waals surface area contributed by atoms with Crippen LogP contribution in [0.5, 0.6) is 0 Å². The van der Waals surface area contributed by atoms with Gasteiger partial charge < -0.3 is 20.1 Å². The van der Waals surface area contributed by atoms with Gasteiger partial charge in [0.25, 0.3) is 5.56 Å². The van der Waals surface area contributed by atoms with Crippen molar-refractivity contribution in [3.8, 4) is 11.1 Å². The highest BCUT2D eigenvalue weighted by Gasteiger charge is 2.37. The number of nitrogens with zero attached hydrogens (tertiary/aromatic N) is 2. The topological polar surface area (TPSA) is 83.4 Å². The molecule has 1 aromatic heterocycles. The third kappa shape index (κ3) is 4.54. The van der Waals surface area contributed by atoms with E-state index in [4.69, 9.17) is 0 Å². The van der Waals surface area contributed by atoms with E-state index < -0.39 is 0 Å². The molecule has 3 amide bonds. The van der Waals surface area contributed by atoms with E-state index in [9.17, 15) is 14.4 Å². The molecule has 1 saturated carbocycles. The molecule has 7 nitrogen and oxygen atoms in total. The molecule has 7 heteroatoms. The summed E-state index contributed by atoms with van der Waals surface area (Å²) >= 11 is 0. The van der Waals surface area contributed by atoms with E-state index in [1.165, 1.54) is 26.2 Å². The van der Waals surface area contributed by atoms with E-state index in [2.05, 4.69) is 16.7 Å². The Labute approximate surface area is 194 Å². The minimum Gasteiger partial charge on any atom is -0.335 e. The lowest BCUT2D eigenvalue weighted by Gasteiger charge is -2.43. The molecule has 2 aromatic rings. The smallest absolute Gasteiger partial charge is 0.317 e. The number of hydrogen-bond acceptors (Lipinski definition) is 3. The number of amides is 3. The summed E-state index contributed by atoms with van der Waals surface area (Å²) in [7, 11) is 0. The number of piperidine rings is 1. The maximum Gasteiger partial charge on any atom is 0.317 e. The van der Waals surface area contributed by atoms with Crippen LogP contribution in [0.4, 0.5) is 10.5 Å². The lowest BCUT2D eigenvalue weighted by atomic mass is 9.83. The van der Waals surface area contributed by atoms with Crippen molar-refractivity contribution in [2.75, 3.05) is 18.4 Å². The quantitative estimate of drug-likeness (QED) is 0.746. The lowest BCUT2D eigenvalue weighted by molar-refractivity contribution is -0.114. The number of nitrogens with one attached hydrogen (secondary N) is 2. The molecule has 2 N–H and O–H groups in total. The van der Waals surface area contributed by atoms with E-state index in [1.807, 2.05) is 39.8 Å². The van der Waals surface area contributed by atoms with Crippen LogP contribution in [0.2, 0.25) is 0 Å². The fourth-order valence-corrected chi connectivity index (χ4v) is 5.78. The van der Waals surface area contributed by atoms with Crippen LogP contribution in [0.15, 0.2) is 41.2 Å². The predicted molar refractivity (Wildman–Crippen MR) is 128 cm³/mol. The Balaban J connectivity index is 1.33. The number of benzene rings is 1. The van der Waals surface area contributed by atoms with Crippen LogP contribution in [0.25, 0.3) is 11.1 Å². The Morgan fingerprint density at radius 2 is 1.70 bits per heavy atom. The predicted octanol–water partition coefficient (Wildman–Crippen LogP) is 3.94. The number of likely N-dealkylation sites (tertiary alicyclic amines) is 1. The van der Waals surface area contributed by atoms with Gasteiger partial charge in [0.2, 0.25) is 5.91 Å². The van der Waals surface area contributed by atoms with E-state index in [-0.39, 0.29) is 23.4 Å². The number of fused-ring (bicyclic) bond motifs is 4. The molecule has 3 heterocycles. The van der Waals surface area contributed by atoms with Crippen molar-refractivity contribution >= 4 is 17.6 Å².